The molecule has 1 atom stereocenters. The summed E-state index contributed by atoms with van der Waals surface area (Å²) < 4.78 is 0. The Morgan fingerprint density at radius 2 is 2.05 bits per heavy atom. The van der Waals surface area contributed by atoms with Crippen LogP contribution in [-0.4, -0.2) is 37.7 Å². The van der Waals surface area contributed by atoms with Gasteiger partial charge in [-0.1, -0.05) is 32.0 Å². The van der Waals surface area contributed by atoms with Crippen molar-refractivity contribution in [3.05, 3.63) is 30.3 Å². The van der Waals surface area contributed by atoms with E-state index in [0.717, 1.165) is 13.1 Å². The zero-order chi connectivity index (χ0) is 14.4. The summed E-state index contributed by atoms with van der Waals surface area (Å²) in [7, 11) is 2.18. The molecule has 1 heterocycles. The van der Waals surface area contributed by atoms with Gasteiger partial charge in [-0.3, -0.25) is 0 Å². The molecular formula is C17H28N2S. The molecule has 1 aliphatic heterocycles. The van der Waals surface area contributed by atoms with Crippen molar-refractivity contribution in [2.24, 2.45) is 5.41 Å². The number of thioether (sulfide) groups is 1. The van der Waals surface area contributed by atoms with Crippen LogP contribution >= 0.6 is 11.8 Å². The maximum atomic E-state index is 3.77. The van der Waals surface area contributed by atoms with Crippen molar-refractivity contribution in [2.45, 2.75) is 32.7 Å². The summed E-state index contributed by atoms with van der Waals surface area (Å²) in [4.78, 5) is 2.34. The number of para-hydroxylation sites is 1. The average Bonchev–Trinajstić information content (AvgIpc) is 2.45. The van der Waals surface area contributed by atoms with E-state index in [4.69, 9.17) is 0 Å². The Kier molecular flexibility index (Phi) is 5.79. The van der Waals surface area contributed by atoms with E-state index >= 15 is 0 Å². The quantitative estimate of drug-likeness (QED) is 0.806. The molecule has 2 rings (SSSR count). The van der Waals surface area contributed by atoms with Gasteiger partial charge in [-0.25, -0.2) is 0 Å². The Labute approximate surface area is 128 Å². The summed E-state index contributed by atoms with van der Waals surface area (Å²) in [6.07, 6.45) is 2.53. The molecular weight excluding hydrogens is 264 g/mol. The molecule has 0 aromatic heterocycles. The highest BCUT2D eigenvalue weighted by Gasteiger charge is 2.31. The zero-order valence-corrected chi connectivity index (χ0v) is 13.9. The van der Waals surface area contributed by atoms with Crippen LogP contribution in [0.25, 0.3) is 0 Å². The van der Waals surface area contributed by atoms with Crippen LogP contribution in [0.1, 0.15) is 26.7 Å². The van der Waals surface area contributed by atoms with Gasteiger partial charge in [0.2, 0.25) is 0 Å². The fourth-order valence-electron chi connectivity index (χ4n) is 2.68. The third-order valence-corrected chi connectivity index (χ3v) is 5.44. The molecule has 1 aromatic rings. The SMILES string of the molecule is CN(CCCNC1CSCCC1(C)C)c1ccccc1. The normalized spacial score (nSPS) is 21.6. The number of nitrogens with zero attached hydrogens (tertiary/aromatic N) is 1. The van der Waals surface area contributed by atoms with E-state index in [2.05, 4.69) is 73.2 Å². The third kappa shape index (κ3) is 4.42. The first kappa shape index (κ1) is 15.7. The molecule has 1 unspecified atom stereocenters. The molecule has 1 N–H and O–H groups in total. The standard InChI is InChI=1S/C17H28N2S/c1-17(2)10-13-20-14-16(17)18-11-7-12-19(3)15-8-5-4-6-9-15/h4-6,8-9,16,18H,7,10-14H2,1-3H3. The summed E-state index contributed by atoms with van der Waals surface area (Å²) in [6.45, 7) is 7.03. The second-order valence-electron chi connectivity index (χ2n) is 6.43. The van der Waals surface area contributed by atoms with Crippen molar-refractivity contribution in [1.29, 1.82) is 0 Å². The summed E-state index contributed by atoms with van der Waals surface area (Å²) in [5, 5.41) is 3.77. The Hall–Kier alpha value is -0.670. The van der Waals surface area contributed by atoms with E-state index in [-0.39, 0.29) is 0 Å². The number of rotatable bonds is 6. The molecule has 0 radical (unpaired) electrons. The highest BCUT2D eigenvalue weighted by molar-refractivity contribution is 7.99. The van der Waals surface area contributed by atoms with Gasteiger partial charge in [0, 0.05) is 31.1 Å². The van der Waals surface area contributed by atoms with Crippen molar-refractivity contribution in [2.75, 3.05) is 36.5 Å². The minimum Gasteiger partial charge on any atom is -0.375 e. The largest absolute Gasteiger partial charge is 0.375 e. The van der Waals surface area contributed by atoms with Gasteiger partial charge >= 0.3 is 0 Å². The van der Waals surface area contributed by atoms with Crippen molar-refractivity contribution in [3.63, 3.8) is 0 Å². The maximum Gasteiger partial charge on any atom is 0.0363 e. The van der Waals surface area contributed by atoms with Crippen LogP contribution in [0.4, 0.5) is 5.69 Å². The molecule has 0 spiro atoms. The van der Waals surface area contributed by atoms with Crippen molar-refractivity contribution in [3.8, 4) is 0 Å². The molecule has 0 amide bonds. The molecule has 0 bridgehead atoms. The van der Waals surface area contributed by atoms with E-state index in [9.17, 15) is 0 Å². The van der Waals surface area contributed by atoms with E-state index in [1.165, 1.54) is 30.0 Å². The van der Waals surface area contributed by atoms with Crippen LogP contribution < -0.4 is 10.2 Å². The monoisotopic (exact) mass is 292 g/mol. The lowest BCUT2D eigenvalue weighted by Crippen LogP contribution is -2.47. The highest BCUT2D eigenvalue weighted by atomic mass is 32.2. The number of hydrogen-bond acceptors (Lipinski definition) is 3. The lowest BCUT2D eigenvalue weighted by atomic mass is 9.82. The number of nitrogens with one attached hydrogen (secondary N) is 1. The molecule has 20 heavy (non-hydrogen) atoms. The molecule has 0 saturated carbocycles. The first-order chi connectivity index (χ1) is 9.59. The van der Waals surface area contributed by atoms with Gasteiger partial charge in [-0.05, 0) is 42.7 Å². The van der Waals surface area contributed by atoms with Gasteiger partial charge in [0.15, 0.2) is 0 Å². The summed E-state index contributed by atoms with van der Waals surface area (Å²) in [6, 6.07) is 11.3. The Balaban J connectivity index is 1.69. The van der Waals surface area contributed by atoms with Gasteiger partial charge in [0.25, 0.3) is 0 Å². The predicted molar refractivity (Wildman–Crippen MR) is 91.8 cm³/mol. The number of benzene rings is 1. The van der Waals surface area contributed by atoms with Crippen molar-refractivity contribution >= 4 is 17.4 Å². The fraction of sp³-hybridized carbons (Fsp3) is 0.647. The summed E-state index contributed by atoms with van der Waals surface area (Å²) >= 11 is 2.09. The van der Waals surface area contributed by atoms with E-state index < -0.39 is 0 Å². The first-order valence-corrected chi connectivity index (χ1v) is 8.82. The molecule has 2 nitrogen and oxygen atoms in total. The summed E-state index contributed by atoms with van der Waals surface area (Å²) in [5.74, 6) is 2.59. The van der Waals surface area contributed by atoms with Gasteiger partial charge < -0.3 is 10.2 Å². The molecule has 1 aromatic carbocycles. The van der Waals surface area contributed by atoms with Crippen LogP contribution in [0.5, 0.6) is 0 Å². The first-order valence-electron chi connectivity index (χ1n) is 7.67. The minimum atomic E-state index is 0.455. The minimum absolute atomic E-state index is 0.455. The molecule has 1 saturated heterocycles. The van der Waals surface area contributed by atoms with E-state index in [1.54, 1.807) is 0 Å². The second-order valence-corrected chi connectivity index (χ2v) is 7.58. The molecule has 1 fully saturated rings. The Bertz CT molecular complexity index is 391. The third-order valence-electron chi connectivity index (χ3n) is 4.38. The second kappa shape index (κ2) is 7.37. The Morgan fingerprint density at radius 3 is 2.75 bits per heavy atom. The molecule has 112 valence electrons. The average molecular weight is 292 g/mol. The maximum absolute atomic E-state index is 3.77. The van der Waals surface area contributed by atoms with Gasteiger partial charge in [0.1, 0.15) is 0 Å². The highest BCUT2D eigenvalue weighted by Crippen LogP contribution is 2.34. The van der Waals surface area contributed by atoms with Gasteiger partial charge in [-0.2, -0.15) is 11.8 Å². The van der Waals surface area contributed by atoms with Crippen molar-refractivity contribution < 1.29 is 0 Å². The number of hydrogen-bond donors (Lipinski definition) is 1. The van der Waals surface area contributed by atoms with Gasteiger partial charge in [-0.15, -0.1) is 0 Å². The lowest BCUT2D eigenvalue weighted by molar-refractivity contribution is 0.246. The fourth-order valence-corrected chi connectivity index (χ4v) is 4.32. The van der Waals surface area contributed by atoms with Crippen LogP contribution in [0.3, 0.4) is 0 Å². The predicted octanol–water partition coefficient (Wildman–Crippen LogP) is 3.63. The molecule has 1 aliphatic rings. The van der Waals surface area contributed by atoms with Crippen LogP contribution in [-0.2, 0) is 0 Å². The zero-order valence-electron chi connectivity index (χ0n) is 13.1. The van der Waals surface area contributed by atoms with Gasteiger partial charge in [0.05, 0.1) is 0 Å². The summed E-state index contributed by atoms with van der Waals surface area (Å²) in [5.41, 5.74) is 1.76. The Morgan fingerprint density at radius 1 is 1.30 bits per heavy atom. The molecule has 0 aliphatic carbocycles. The van der Waals surface area contributed by atoms with Crippen molar-refractivity contribution in [1.82, 2.24) is 5.32 Å². The topological polar surface area (TPSA) is 15.3 Å². The van der Waals surface area contributed by atoms with Crippen LogP contribution in [0.15, 0.2) is 30.3 Å². The number of anilines is 1. The smallest absolute Gasteiger partial charge is 0.0363 e. The van der Waals surface area contributed by atoms with Crippen LogP contribution in [0.2, 0.25) is 0 Å². The molecule has 3 heteroatoms. The van der Waals surface area contributed by atoms with E-state index in [0.29, 0.717) is 11.5 Å². The lowest BCUT2D eigenvalue weighted by Gasteiger charge is -2.39. The van der Waals surface area contributed by atoms with E-state index in [1.807, 2.05) is 0 Å². The van der Waals surface area contributed by atoms with Crippen LogP contribution in [0, 0.1) is 5.41 Å².